The molecule has 0 radical (unpaired) electrons. The topological polar surface area (TPSA) is 54.5 Å². The fourth-order valence-corrected chi connectivity index (χ4v) is 7.95. The summed E-state index contributed by atoms with van der Waals surface area (Å²) in [5, 5.41) is 0.0156. The van der Waals surface area contributed by atoms with Gasteiger partial charge in [-0.3, -0.25) is 14.4 Å². The van der Waals surface area contributed by atoms with Gasteiger partial charge >= 0.3 is 0 Å². The first kappa shape index (κ1) is 16.8. The lowest BCUT2D eigenvalue weighted by molar-refractivity contribution is -0.166. The summed E-state index contributed by atoms with van der Waals surface area (Å²) in [6.45, 7) is 9.76. The van der Waals surface area contributed by atoms with Crippen LogP contribution in [0.15, 0.2) is 30.3 Å². The number of benzene rings is 1. The number of carbonyl (C=O) groups excluding carboxylic acids is 3. The van der Waals surface area contributed by atoms with Crippen molar-refractivity contribution in [3.63, 3.8) is 0 Å². The van der Waals surface area contributed by atoms with Crippen LogP contribution in [0.25, 0.3) is 0 Å². The van der Waals surface area contributed by atoms with Crippen LogP contribution < -0.4 is 4.90 Å². The number of anilines is 1. The number of imide groups is 1. The molecule has 1 saturated carbocycles. The maximum atomic E-state index is 13.4. The van der Waals surface area contributed by atoms with Gasteiger partial charge in [0.15, 0.2) is 0 Å². The highest BCUT2D eigenvalue weighted by Gasteiger charge is 2.82. The van der Waals surface area contributed by atoms with E-state index in [2.05, 4.69) is 0 Å². The van der Waals surface area contributed by atoms with E-state index in [0.29, 0.717) is 5.69 Å². The molecular weight excluding hydrogens is 334 g/mol. The van der Waals surface area contributed by atoms with Crippen LogP contribution in [0, 0.1) is 22.7 Å². The number of para-hydroxylation sites is 1. The van der Waals surface area contributed by atoms with Gasteiger partial charge in [-0.05, 0) is 12.1 Å². The Hall–Kier alpha value is -1.62. The molecule has 3 aliphatic rings. The Morgan fingerprint density at radius 1 is 0.920 bits per heavy atom. The fraction of sp³-hybridized carbons (Fsp3) is 0.550. The number of rotatable bonds is 1. The van der Waals surface area contributed by atoms with Crippen molar-refractivity contribution in [2.45, 2.75) is 44.6 Å². The number of thioether (sulfide) groups is 1. The molecule has 2 saturated heterocycles. The molecule has 132 valence electrons. The molecule has 1 aromatic rings. The first-order chi connectivity index (χ1) is 11.6. The highest BCUT2D eigenvalue weighted by Crippen LogP contribution is 2.75. The predicted molar refractivity (Wildman–Crippen MR) is 98.3 cm³/mol. The average Bonchev–Trinajstić information content (AvgIpc) is 3.03. The summed E-state index contributed by atoms with van der Waals surface area (Å²) in [6.07, 6.45) is 0. The number of hydrogen-bond donors (Lipinski definition) is 0. The summed E-state index contributed by atoms with van der Waals surface area (Å²) in [6, 6.07) is 9.12. The lowest BCUT2D eigenvalue weighted by Gasteiger charge is -2.65. The normalized spacial score (nSPS) is 34.4. The van der Waals surface area contributed by atoms with Crippen LogP contribution in [0.2, 0.25) is 0 Å². The second-order valence-corrected chi connectivity index (χ2v) is 10.1. The van der Waals surface area contributed by atoms with Gasteiger partial charge in [-0.15, -0.1) is 11.8 Å². The summed E-state index contributed by atoms with van der Waals surface area (Å²) >= 11 is 1.68. The molecule has 1 aliphatic carbocycles. The van der Waals surface area contributed by atoms with Crippen LogP contribution in [0.3, 0.4) is 0 Å². The third-order valence-electron chi connectivity index (χ3n) is 6.67. The zero-order chi connectivity index (χ0) is 18.4. The van der Waals surface area contributed by atoms with E-state index in [0.717, 1.165) is 0 Å². The first-order valence-electron chi connectivity index (χ1n) is 8.74. The molecule has 0 aromatic heterocycles. The lowest BCUT2D eigenvalue weighted by atomic mass is 9.42. The Bertz CT molecular complexity index is 780. The zero-order valence-corrected chi connectivity index (χ0v) is 16.0. The van der Waals surface area contributed by atoms with Crippen molar-refractivity contribution >= 4 is 35.0 Å². The van der Waals surface area contributed by atoms with E-state index in [1.807, 2.05) is 52.8 Å². The van der Waals surface area contributed by atoms with Crippen molar-refractivity contribution in [3.05, 3.63) is 30.3 Å². The van der Waals surface area contributed by atoms with Crippen LogP contribution in [0.1, 0.15) is 34.6 Å². The molecule has 3 atom stereocenters. The summed E-state index contributed by atoms with van der Waals surface area (Å²) < 4.78 is -0.530. The maximum absolute atomic E-state index is 13.4. The molecule has 1 spiro atoms. The largest absolute Gasteiger partial charge is 0.298 e. The fourth-order valence-electron chi connectivity index (χ4n) is 5.77. The molecule has 0 unspecified atom stereocenters. The van der Waals surface area contributed by atoms with E-state index in [1.54, 1.807) is 23.9 Å². The summed E-state index contributed by atoms with van der Waals surface area (Å²) in [4.78, 5) is 40.7. The number of nitrogens with zero attached hydrogens (tertiary/aromatic N) is 1. The van der Waals surface area contributed by atoms with E-state index in [-0.39, 0.29) is 28.8 Å². The van der Waals surface area contributed by atoms with Gasteiger partial charge in [-0.1, -0.05) is 52.8 Å². The monoisotopic (exact) mass is 357 g/mol. The molecular formula is C20H23NO3S. The van der Waals surface area contributed by atoms with E-state index >= 15 is 0 Å². The number of fused-ring (bicyclic) bond motifs is 2. The smallest absolute Gasteiger partial charge is 0.239 e. The first-order valence-corrected chi connectivity index (χ1v) is 9.62. The van der Waals surface area contributed by atoms with Crippen molar-refractivity contribution in [3.8, 4) is 0 Å². The number of carbonyl (C=O) groups is 3. The van der Waals surface area contributed by atoms with Crippen LogP contribution in [0.4, 0.5) is 5.69 Å². The third-order valence-corrected chi connectivity index (χ3v) is 8.98. The number of Topliss-reactive ketones (excluding diaryl/α,β-unsaturated/α-hetero) is 1. The van der Waals surface area contributed by atoms with Gasteiger partial charge in [-0.25, -0.2) is 4.90 Å². The molecule has 2 aliphatic heterocycles. The second kappa shape index (κ2) is 4.76. The quantitative estimate of drug-likeness (QED) is 0.724. The number of amides is 2. The third kappa shape index (κ3) is 1.64. The Morgan fingerprint density at radius 3 is 2.04 bits per heavy atom. The molecule has 3 fully saturated rings. The molecule has 2 heterocycles. The minimum Gasteiger partial charge on any atom is -0.298 e. The highest BCUT2D eigenvalue weighted by atomic mass is 32.2. The van der Waals surface area contributed by atoms with Crippen LogP contribution in [0.5, 0.6) is 0 Å². The highest BCUT2D eigenvalue weighted by molar-refractivity contribution is 8.01. The van der Waals surface area contributed by atoms with Gasteiger partial charge in [-0.2, -0.15) is 0 Å². The van der Waals surface area contributed by atoms with E-state index in [9.17, 15) is 14.4 Å². The van der Waals surface area contributed by atoms with Gasteiger partial charge in [0.2, 0.25) is 11.8 Å². The van der Waals surface area contributed by atoms with Crippen molar-refractivity contribution in [2.24, 2.45) is 22.7 Å². The van der Waals surface area contributed by atoms with E-state index in [4.69, 9.17) is 0 Å². The van der Waals surface area contributed by atoms with E-state index in [1.165, 1.54) is 4.90 Å². The van der Waals surface area contributed by atoms with Crippen molar-refractivity contribution < 1.29 is 14.4 Å². The second-order valence-electron chi connectivity index (χ2n) is 8.49. The minimum absolute atomic E-state index is 0.0156. The van der Waals surface area contributed by atoms with Gasteiger partial charge in [0, 0.05) is 16.1 Å². The molecule has 4 rings (SSSR count). The molecule has 4 nitrogen and oxygen atoms in total. The van der Waals surface area contributed by atoms with Crippen LogP contribution >= 0.6 is 11.8 Å². The van der Waals surface area contributed by atoms with Crippen molar-refractivity contribution in [1.82, 2.24) is 0 Å². The van der Waals surface area contributed by atoms with Crippen molar-refractivity contribution in [1.29, 1.82) is 0 Å². The summed E-state index contributed by atoms with van der Waals surface area (Å²) in [5.74, 6) is -0.887. The zero-order valence-electron chi connectivity index (χ0n) is 15.2. The Labute approximate surface area is 152 Å². The Balaban J connectivity index is 1.86. The van der Waals surface area contributed by atoms with Gasteiger partial charge < -0.3 is 0 Å². The van der Waals surface area contributed by atoms with Crippen molar-refractivity contribution in [2.75, 3.05) is 4.90 Å². The number of ketones is 1. The molecule has 25 heavy (non-hydrogen) atoms. The summed E-state index contributed by atoms with van der Waals surface area (Å²) in [7, 11) is 0. The van der Waals surface area contributed by atoms with Crippen LogP contribution in [-0.2, 0) is 14.4 Å². The molecule has 2 amide bonds. The molecule has 1 aromatic carbocycles. The minimum atomic E-state index is -0.614. The molecule has 0 bridgehead atoms. The SMILES string of the molecule is C[C@@H]1SC2([C@@H]3C(=O)N(c4ccccc4)C(=O)[C@@H]13)C(C)(C)C(=O)C2(C)C. The maximum Gasteiger partial charge on any atom is 0.239 e. The van der Waals surface area contributed by atoms with Gasteiger partial charge in [0.25, 0.3) is 0 Å². The van der Waals surface area contributed by atoms with E-state index < -0.39 is 21.5 Å². The number of hydrogen-bond acceptors (Lipinski definition) is 4. The van der Waals surface area contributed by atoms with Crippen LogP contribution in [-0.4, -0.2) is 27.6 Å². The van der Waals surface area contributed by atoms with Gasteiger partial charge in [0.1, 0.15) is 5.78 Å². The summed E-state index contributed by atoms with van der Waals surface area (Å²) in [5.41, 5.74) is -0.602. The average molecular weight is 357 g/mol. The van der Waals surface area contributed by atoms with Gasteiger partial charge in [0.05, 0.1) is 22.3 Å². The predicted octanol–water partition coefficient (Wildman–Crippen LogP) is 3.30. The Kier molecular flexibility index (Phi) is 3.20. The molecule has 5 heteroatoms. The standard InChI is InChI=1S/C20H23NO3S/c1-11-13-14(20(25-11)18(2,3)17(24)19(20,4)5)16(23)21(15(13)22)12-9-7-6-8-10-12/h6-11,13-14H,1-5H3/t11-,13-,14-/m0/s1. The molecule has 0 N–H and O–H groups in total. The lowest BCUT2D eigenvalue weighted by Crippen LogP contribution is -2.75. The Morgan fingerprint density at radius 2 is 1.48 bits per heavy atom.